The average Bonchev–Trinajstić information content (AvgIpc) is 2.48. The Hall–Kier alpha value is -2.12. The van der Waals surface area contributed by atoms with Crippen molar-refractivity contribution in [1.82, 2.24) is 0 Å². The highest BCUT2D eigenvalue weighted by atomic mass is 32.2. The van der Waals surface area contributed by atoms with Crippen LogP contribution >= 0.6 is 0 Å². The van der Waals surface area contributed by atoms with Gasteiger partial charge in [-0.3, -0.25) is 0 Å². The molecule has 21 heavy (non-hydrogen) atoms. The summed E-state index contributed by atoms with van der Waals surface area (Å²) in [7, 11) is -3.58. The van der Waals surface area contributed by atoms with Gasteiger partial charge in [-0.25, -0.2) is 8.42 Å². The number of nitriles is 1. The van der Waals surface area contributed by atoms with Gasteiger partial charge in [-0.1, -0.05) is 36.4 Å². The maximum atomic E-state index is 12.8. The van der Waals surface area contributed by atoms with Gasteiger partial charge >= 0.3 is 0 Å². The normalized spacial score (nSPS) is 12.6. The molecule has 0 bridgehead atoms. The van der Waals surface area contributed by atoms with Crippen LogP contribution in [0.2, 0.25) is 0 Å². The summed E-state index contributed by atoms with van der Waals surface area (Å²) in [6.07, 6.45) is -0.0563. The largest absolute Gasteiger partial charge is 0.223 e. The van der Waals surface area contributed by atoms with Gasteiger partial charge in [0.15, 0.2) is 9.84 Å². The smallest absolute Gasteiger partial charge is 0.186 e. The van der Waals surface area contributed by atoms with E-state index in [1.54, 1.807) is 42.5 Å². The summed E-state index contributed by atoms with van der Waals surface area (Å²) in [5, 5.41) is 8.16. The summed E-state index contributed by atoms with van der Waals surface area (Å²) in [5.41, 5.74) is 2.63. The minimum Gasteiger partial charge on any atom is -0.223 e. The first-order chi connectivity index (χ1) is 9.96. The van der Waals surface area contributed by atoms with Crippen molar-refractivity contribution in [2.75, 3.05) is 0 Å². The zero-order valence-electron chi connectivity index (χ0n) is 12.1. The molecule has 2 aromatic carbocycles. The van der Waals surface area contributed by atoms with E-state index < -0.39 is 15.1 Å². The van der Waals surface area contributed by atoms with Crippen LogP contribution in [0, 0.1) is 25.2 Å². The number of hydrogen-bond donors (Lipinski definition) is 0. The second kappa shape index (κ2) is 6.11. The first-order valence-corrected chi connectivity index (χ1v) is 8.24. The van der Waals surface area contributed by atoms with Gasteiger partial charge in [-0.2, -0.15) is 5.26 Å². The van der Waals surface area contributed by atoms with Crippen LogP contribution in [0.3, 0.4) is 0 Å². The van der Waals surface area contributed by atoms with Crippen LogP contribution in [0.4, 0.5) is 0 Å². The Morgan fingerprint density at radius 1 is 1.05 bits per heavy atom. The van der Waals surface area contributed by atoms with E-state index in [9.17, 15) is 8.42 Å². The Kier molecular flexibility index (Phi) is 4.44. The lowest BCUT2D eigenvalue weighted by Gasteiger charge is -2.16. The lowest BCUT2D eigenvalue weighted by atomic mass is 10.1. The Balaban J connectivity index is 2.53. The number of nitrogens with zero attached hydrogens (tertiary/aromatic N) is 1. The summed E-state index contributed by atoms with van der Waals surface area (Å²) in [6.45, 7) is 3.83. The van der Waals surface area contributed by atoms with Crippen LogP contribution in [0.15, 0.2) is 53.4 Å². The van der Waals surface area contributed by atoms with E-state index in [1.165, 1.54) is 0 Å². The van der Waals surface area contributed by atoms with E-state index in [0.29, 0.717) is 5.56 Å². The predicted octanol–water partition coefficient (Wildman–Crippen LogP) is 3.73. The second-order valence-corrected chi connectivity index (χ2v) is 7.18. The minimum atomic E-state index is -3.58. The van der Waals surface area contributed by atoms with Crippen LogP contribution in [0.1, 0.15) is 28.4 Å². The summed E-state index contributed by atoms with van der Waals surface area (Å²) < 4.78 is 25.7. The number of hydrogen-bond acceptors (Lipinski definition) is 3. The molecule has 0 aliphatic carbocycles. The summed E-state index contributed by atoms with van der Waals surface area (Å²) >= 11 is 0. The van der Waals surface area contributed by atoms with Gasteiger partial charge in [0.1, 0.15) is 5.25 Å². The number of aryl methyl sites for hydroxylation is 2. The molecule has 4 heteroatoms. The molecular weight excluding hydrogens is 282 g/mol. The van der Waals surface area contributed by atoms with Crippen molar-refractivity contribution in [3.63, 3.8) is 0 Å². The fraction of sp³-hybridized carbons (Fsp3) is 0.235. The molecule has 0 saturated heterocycles. The van der Waals surface area contributed by atoms with Gasteiger partial charge in [-0.15, -0.1) is 0 Å². The zero-order valence-corrected chi connectivity index (χ0v) is 12.9. The molecule has 3 nitrogen and oxygen atoms in total. The van der Waals surface area contributed by atoms with Crippen LogP contribution in [-0.4, -0.2) is 8.42 Å². The molecule has 0 radical (unpaired) electrons. The average molecular weight is 299 g/mol. The molecule has 0 aliphatic heterocycles. The first-order valence-electron chi connectivity index (χ1n) is 6.70. The van der Waals surface area contributed by atoms with Crippen molar-refractivity contribution < 1.29 is 8.42 Å². The van der Waals surface area contributed by atoms with E-state index >= 15 is 0 Å². The third-order valence-corrected chi connectivity index (χ3v) is 5.73. The standard InChI is InChI=1S/C17H17NO2S/c1-13-8-9-16(12-14(13)2)21(19,20)17(10-11-18)15-6-4-3-5-7-15/h3-9,12,17H,10H2,1-2H3. The van der Waals surface area contributed by atoms with Crippen molar-refractivity contribution in [3.8, 4) is 6.07 Å². The predicted molar refractivity (Wildman–Crippen MR) is 82.5 cm³/mol. The molecule has 0 saturated carbocycles. The van der Waals surface area contributed by atoms with E-state index in [1.807, 2.05) is 26.0 Å². The summed E-state index contributed by atoms with van der Waals surface area (Å²) in [6, 6.07) is 16.0. The molecule has 108 valence electrons. The van der Waals surface area contributed by atoms with E-state index in [0.717, 1.165) is 11.1 Å². The Morgan fingerprint density at radius 3 is 2.29 bits per heavy atom. The Labute approximate surface area is 125 Å². The maximum Gasteiger partial charge on any atom is 0.186 e. The molecule has 2 aromatic rings. The van der Waals surface area contributed by atoms with Gasteiger partial charge in [0.25, 0.3) is 0 Å². The fourth-order valence-electron chi connectivity index (χ4n) is 2.21. The van der Waals surface area contributed by atoms with Crippen LogP contribution in [-0.2, 0) is 9.84 Å². The minimum absolute atomic E-state index is 0.0563. The highest BCUT2D eigenvalue weighted by Crippen LogP contribution is 2.32. The number of benzene rings is 2. The fourth-order valence-corrected chi connectivity index (χ4v) is 3.95. The number of sulfone groups is 1. The summed E-state index contributed by atoms with van der Waals surface area (Å²) in [4.78, 5) is 0.273. The van der Waals surface area contributed by atoms with E-state index in [2.05, 4.69) is 0 Å². The lowest BCUT2D eigenvalue weighted by Crippen LogP contribution is -2.14. The molecule has 0 amide bonds. The van der Waals surface area contributed by atoms with Crippen molar-refractivity contribution >= 4 is 9.84 Å². The molecule has 0 spiro atoms. The molecule has 0 fully saturated rings. The van der Waals surface area contributed by atoms with Crippen LogP contribution in [0.5, 0.6) is 0 Å². The van der Waals surface area contributed by atoms with Gasteiger partial charge in [0.2, 0.25) is 0 Å². The van der Waals surface area contributed by atoms with Gasteiger partial charge < -0.3 is 0 Å². The van der Waals surface area contributed by atoms with Gasteiger partial charge in [0, 0.05) is 0 Å². The maximum absolute atomic E-state index is 12.8. The highest BCUT2D eigenvalue weighted by Gasteiger charge is 2.29. The second-order valence-electron chi connectivity index (χ2n) is 5.05. The Morgan fingerprint density at radius 2 is 1.71 bits per heavy atom. The molecule has 0 aliphatic rings. The van der Waals surface area contributed by atoms with Crippen molar-refractivity contribution in [2.45, 2.75) is 30.4 Å². The molecule has 2 rings (SSSR count). The third kappa shape index (κ3) is 3.14. The van der Waals surface area contributed by atoms with Crippen molar-refractivity contribution in [2.24, 2.45) is 0 Å². The van der Waals surface area contributed by atoms with Gasteiger partial charge in [0.05, 0.1) is 17.4 Å². The van der Waals surface area contributed by atoms with E-state index in [4.69, 9.17) is 5.26 Å². The Bertz CT molecular complexity index is 774. The third-order valence-electron chi connectivity index (χ3n) is 3.63. The molecule has 1 atom stereocenters. The van der Waals surface area contributed by atoms with Crippen LogP contribution in [0.25, 0.3) is 0 Å². The zero-order chi connectivity index (χ0) is 15.5. The van der Waals surface area contributed by atoms with Crippen molar-refractivity contribution in [1.29, 1.82) is 5.26 Å². The molecule has 0 aromatic heterocycles. The lowest BCUT2D eigenvalue weighted by molar-refractivity contribution is 0.582. The molecule has 1 unspecified atom stereocenters. The van der Waals surface area contributed by atoms with Gasteiger partial charge in [-0.05, 0) is 42.7 Å². The molecule has 0 N–H and O–H groups in total. The number of rotatable bonds is 4. The molecular formula is C17H17NO2S. The van der Waals surface area contributed by atoms with Crippen molar-refractivity contribution in [3.05, 3.63) is 65.2 Å². The van der Waals surface area contributed by atoms with E-state index in [-0.39, 0.29) is 11.3 Å². The monoisotopic (exact) mass is 299 g/mol. The first kappa shape index (κ1) is 15.3. The quantitative estimate of drug-likeness (QED) is 0.864. The molecule has 0 heterocycles. The van der Waals surface area contributed by atoms with Crippen LogP contribution < -0.4 is 0 Å². The SMILES string of the molecule is Cc1ccc(S(=O)(=O)C(CC#N)c2ccccc2)cc1C. The summed E-state index contributed by atoms with van der Waals surface area (Å²) in [5.74, 6) is 0. The highest BCUT2D eigenvalue weighted by molar-refractivity contribution is 7.91. The topological polar surface area (TPSA) is 57.9 Å².